The zero-order valence-corrected chi connectivity index (χ0v) is 11.6. The summed E-state index contributed by atoms with van der Waals surface area (Å²) in [6.07, 6.45) is -2.25. The van der Waals surface area contributed by atoms with Crippen LogP contribution in [-0.4, -0.2) is 54.0 Å². The van der Waals surface area contributed by atoms with Gasteiger partial charge >= 0.3 is 5.97 Å². The molecule has 6 nitrogen and oxygen atoms in total. The molecule has 114 valence electrons. The fourth-order valence-electron chi connectivity index (χ4n) is 2.16. The lowest BCUT2D eigenvalue weighted by atomic mass is 9.96. The van der Waals surface area contributed by atoms with Crippen molar-refractivity contribution < 1.29 is 29.2 Å². The molecule has 0 saturated carbocycles. The average Bonchev–Trinajstić information content (AvgIpc) is 2.78. The Hall–Kier alpha value is -1.73. The van der Waals surface area contributed by atoms with Crippen molar-refractivity contribution >= 4 is 5.97 Å². The van der Waals surface area contributed by atoms with Gasteiger partial charge in [-0.3, -0.25) is 0 Å². The van der Waals surface area contributed by atoms with Crippen LogP contribution in [0.3, 0.4) is 0 Å². The first-order chi connectivity index (χ1) is 10.0. The maximum Gasteiger partial charge on any atom is 0.338 e. The second kappa shape index (κ2) is 6.36. The summed E-state index contributed by atoms with van der Waals surface area (Å²) in [5.41, 5.74) is -1.02. The minimum atomic E-state index is -1.40. The number of carbonyl (C=O) groups excluding carboxylic acids is 1. The van der Waals surface area contributed by atoms with Gasteiger partial charge in [-0.15, -0.1) is 0 Å². The molecular weight excluding hydrogens is 276 g/mol. The normalized spacial score (nSPS) is 31.9. The van der Waals surface area contributed by atoms with Crippen molar-refractivity contribution in [2.45, 2.75) is 24.1 Å². The van der Waals surface area contributed by atoms with Crippen LogP contribution in [0, 0.1) is 0 Å². The summed E-state index contributed by atoms with van der Waals surface area (Å²) in [6, 6.07) is 8.44. The molecule has 1 heterocycles. The van der Waals surface area contributed by atoms with Crippen molar-refractivity contribution in [3.63, 3.8) is 0 Å². The summed E-state index contributed by atoms with van der Waals surface area (Å²) in [4.78, 5) is 11.9. The van der Waals surface area contributed by atoms with Crippen molar-refractivity contribution in [2.24, 2.45) is 0 Å². The van der Waals surface area contributed by atoms with Gasteiger partial charge in [0.15, 0.2) is 11.9 Å². The molecule has 0 bridgehead atoms. The molecule has 0 aromatic heterocycles. The molecule has 1 fully saturated rings. The third-order valence-corrected chi connectivity index (χ3v) is 3.45. The Morgan fingerprint density at radius 2 is 2.10 bits per heavy atom. The van der Waals surface area contributed by atoms with E-state index in [1.807, 2.05) is 0 Å². The lowest BCUT2D eigenvalue weighted by Crippen LogP contribution is -2.45. The van der Waals surface area contributed by atoms with Crippen LogP contribution in [-0.2, 0) is 14.2 Å². The maximum absolute atomic E-state index is 11.9. The molecule has 21 heavy (non-hydrogen) atoms. The highest BCUT2D eigenvalue weighted by Gasteiger charge is 2.53. The Morgan fingerprint density at radius 3 is 2.62 bits per heavy atom. The van der Waals surface area contributed by atoms with E-state index in [1.165, 1.54) is 13.2 Å². The van der Waals surface area contributed by atoms with Crippen molar-refractivity contribution in [3.05, 3.63) is 48.6 Å². The van der Waals surface area contributed by atoms with Crippen LogP contribution in [0.1, 0.15) is 10.4 Å². The highest BCUT2D eigenvalue weighted by molar-refractivity contribution is 5.89. The number of esters is 1. The van der Waals surface area contributed by atoms with Gasteiger partial charge in [0.1, 0.15) is 18.8 Å². The van der Waals surface area contributed by atoms with Crippen molar-refractivity contribution in [1.29, 1.82) is 0 Å². The molecule has 0 aliphatic carbocycles. The molecule has 0 radical (unpaired) electrons. The van der Waals surface area contributed by atoms with Gasteiger partial charge in [0.25, 0.3) is 0 Å². The number of ether oxygens (including phenoxy) is 3. The zero-order chi connectivity index (χ0) is 15.5. The SMILES string of the molecule is C=C[C@]1(COC(=O)c2ccccc2)O[C@@H](OC)[C@H](O)[C@@H]1O. The molecule has 1 aromatic carbocycles. The molecule has 1 aliphatic heterocycles. The van der Waals surface area contributed by atoms with E-state index < -0.39 is 30.1 Å². The molecule has 1 saturated heterocycles. The van der Waals surface area contributed by atoms with Crippen LogP contribution in [0.15, 0.2) is 43.0 Å². The van der Waals surface area contributed by atoms with Crippen LogP contribution in [0.5, 0.6) is 0 Å². The fraction of sp³-hybridized carbons (Fsp3) is 0.400. The van der Waals surface area contributed by atoms with Crippen LogP contribution in [0.2, 0.25) is 0 Å². The quantitative estimate of drug-likeness (QED) is 0.607. The number of rotatable bonds is 5. The van der Waals surface area contributed by atoms with Crippen molar-refractivity contribution in [2.75, 3.05) is 13.7 Å². The Labute approximate surface area is 122 Å². The molecule has 0 spiro atoms. The molecule has 2 N–H and O–H groups in total. The molecular formula is C15H18O6. The summed E-state index contributed by atoms with van der Waals surface area (Å²) in [5.74, 6) is -0.553. The van der Waals surface area contributed by atoms with Gasteiger partial charge in [-0.05, 0) is 12.1 Å². The van der Waals surface area contributed by atoms with Gasteiger partial charge in [-0.2, -0.15) is 0 Å². The first kappa shape index (κ1) is 15.7. The van der Waals surface area contributed by atoms with E-state index in [2.05, 4.69) is 6.58 Å². The average molecular weight is 294 g/mol. The Bertz CT molecular complexity index is 502. The van der Waals surface area contributed by atoms with Gasteiger partial charge in [-0.25, -0.2) is 4.79 Å². The lowest BCUT2D eigenvalue weighted by molar-refractivity contribution is -0.173. The largest absolute Gasteiger partial charge is 0.459 e. The van der Waals surface area contributed by atoms with E-state index in [4.69, 9.17) is 14.2 Å². The zero-order valence-electron chi connectivity index (χ0n) is 11.6. The third-order valence-electron chi connectivity index (χ3n) is 3.45. The van der Waals surface area contributed by atoms with E-state index in [0.29, 0.717) is 5.56 Å². The second-order valence-electron chi connectivity index (χ2n) is 4.76. The molecule has 4 atom stereocenters. The number of carbonyl (C=O) groups is 1. The fourth-order valence-corrected chi connectivity index (χ4v) is 2.16. The minimum absolute atomic E-state index is 0.275. The monoisotopic (exact) mass is 294 g/mol. The van der Waals surface area contributed by atoms with E-state index in [0.717, 1.165) is 0 Å². The first-order valence-electron chi connectivity index (χ1n) is 6.46. The van der Waals surface area contributed by atoms with Crippen LogP contribution < -0.4 is 0 Å². The first-order valence-corrected chi connectivity index (χ1v) is 6.46. The van der Waals surface area contributed by atoms with E-state index in [9.17, 15) is 15.0 Å². The molecule has 1 aromatic rings. The number of aliphatic hydroxyl groups is 2. The number of methoxy groups -OCH3 is 1. The van der Waals surface area contributed by atoms with Crippen LogP contribution in [0.25, 0.3) is 0 Å². The van der Waals surface area contributed by atoms with Crippen molar-refractivity contribution in [1.82, 2.24) is 0 Å². The van der Waals surface area contributed by atoms with Crippen LogP contribution >= 0.6 is 0 Å². The number of hydrogen-bond donors (Lipinski definition) is 2. The van der Waals surface area contributed by atoms with Gasteiger partial charge in [-0.1, -0.05) is 30.9 Å². The second-order valence-corrected chi connectivity index (χ2v) is 4.76. The molecule has 1 aliphatic rings. The molecule has 0 unspecified atom stereocenters. The lowest BCUT2D eigenvalue weighted by Gasteiger charge is -2.27. The summed E-state index contributed by atoms with van der Waals surface area (Å²) in [7, 11) is 1.34. The Balaban J connectivity index is 2.06. The van der Waals surface area contributed by atoms with E-state index in [-0.39, 0.29) is 6.61 Å². The van der Waals surface area contributed by atoms with E-state index >= 15 is 0 Å². The topological polar surface area (TPSA) is 85.2 Å². The Morgan fingerprint density at radius 1 is 1.43 bits per heavy atom. The van der Waals surface area contributed by atoms with E-state index in [1.54, 1.807) is 30.3 Å². The van der Waals surface area contributed by atoms with Gasteiger partial charge < -0.3 is 24.4 Å². The van der Waals surface area contributed by atoms with Gasteiger partial charge in [0.05, 0.1) is 5.56 Å². The van der Waals surface area contributed by atoms with Gasteiger partial charge in [0.2, 0.25) is 0 Å². The van der Waals surface area contributed by atoms with Crippen LogP contribution in [0.4, 0.5) is 0 Å². The molecule has 0 amide bonds. The number of aliphatic hydroxyl groups excluding tert-OH is 2. The summed E-state index contributed by atoms with van der Waals surface area (Å²) in [6.45, 7) is 3.30. The highest BCUT2D eigenvalue weighted by Crippen LogP contribution is 2.33. The Kier molecular flexibility index (Phi) is 4.74. The molecule has 2 rings (SSSR count). The molecule has 6 heteroatoms. The highest BCUT2D eigenvalue weighted by atomic mass is 16.7. The summed E-state index contributed by atoms with van der Waals surface area (Å²) in [5, 5.41) is 19.9. The van der Waals surface area contributed by atoms with Gasteiger partial charge in [0, 0.05) is 7.11 Å². The number of benzene rings is 1. The third kappa shape index (κ3) is 2.98. The predicted molar refractivity (Wildman–Crippen MR) is 73.5 cm³/mol. The summed E-state index contributed by atoms with van der Waals surface area (Å²) < 4.78 is 15.5. The van der Waals surface area contributed by atoms with Crippen molar-refractivity contribution in [3.8, 4) is 0 Å². The smallest absolute Gasteiger partial charge is 0.338 e. The summed E-state index contributed by atoms with van der Waals surface area (Å²) >= 11 is 0. The standard InChI is InChI=1S/C15H18O6/c1-3-15(12(17)11(16)14(19-2)21-15)9-20-13(18)10-7-5-4-6-8-10/h3-8,11-12,14,16-17H,1,9H2,2H3/t11-,12+,14-,15-/m1/s1. The predicted octanol–water partition coefficient (Wildman–Crippen LogP) is 0.493. The maximum atomic E-state index is 11.9. The number of hydrogen-bond acceptors (Lipinski definition) is 6. The minimum Gasteiger partial charge on any atom is -0.459 e.